The number of likely N-dealkylation sites (N-methyl/N-ethyl adjacent to an activating group) is 1. The number of quaternary nitrogens is 1. The molecular weight excluding hydrogens is 260 g/mol. The lowest BCUT2D eigenvalue weighted by Crippen LogP contribution is -3.09. The van der Waals surface area contributed by atoms with Crippen molar-refractivity contribution in [2.45, 2.75) is 59.0 Å². The van der Waals surface area contributed by atoms with Crippen molar-refractivity contribution in [3.8, 4) is 0 Å². The van der Waals surface area contributed by atoms with Crippen molar-refractivity contribution in [2.24, 2.45) is 0 Å². The number of carbonyl (C=O) groups is 1. The predicted octanol–water partition coefficient (Wildman–Crippen LogP) is 1.91. The third kappa shape index (κ3) is 6.76. The van der Waals surface area contributed by atoms with Crippen LogP contribution in [-0.4, -0.2) is 25.0 Å². The van der Waals surface area contributed by atoms with E-state index in [9.17, 15) is 4.79 Å². The maximum absolute atomic E-state index is 11.9. The highest BCUT2D eigenvalue weighted by Gasteiger charge is 2.17. The molecule has 1 aromatic rings. The molecule has 0 spiro atoms. The fourth-order valence-corrected chi connectivity index (χ4v) is 2.27. The molecule has 3 nitrogen and oxygen atoms in total. The van der Waals surface area contributed by atoms with Gasteiger partial charge in [-0.05, 0) is 31.7 Å². The minimum atomic E-state index is -0.161. The van der Waals surface area contributed by atoms with Gasteiger partial charge in [0.2, 0.25) is 0 Å². The maximum atomic E-state index is 11.9. The van der Waals surface area contributed by atoms with E-state index < -0.39 is 0 Å². The lowest BCUT2D eigenvalue weighted by atomic mass is 9.87. The van der Waals surface area contributed by atoms with Crippen LogP contribution in [-0.2, 0) is 16.8 Å². The molecule has 2 N–H and O–H groups in total. The van der Waals surface area contributed by atoms with Gasteiger partial charge in [-0.25, -0.2) is 0 Å². The third-order valence-corrected chi connectivity index (χ3v) is 3.30. The SMILES string of the molecule is C[NH+](CC(=O)NC(C)(C)C)Cc1ccc(C(C)(C)C)cc1. The monoisotopic (exact) mass is 291 g/mol. The highest BCUT2D eigenvalue weighted by Crippen LogP contribution is 2.21. The van der Waals surface area contributed by atoms with Gasteiger partial charge in [-0.15, -0.1) is 0 Å². The second-order valence-corrected chi connectivity index (χ2v) is 8.06. The van der Waals surface area contributed by atoms with Gasteiger partial charge in [-0.1, -0.05) is 45.0 Å². The first-order chi connectivity index (χ1) is 9.47. The smallest absolute Gasteiger partial charge is 0.275 e. The Hall–Kier alpha value is -1.35. The molecule has 3 heteroatoms. The quantitative estimate of drug-likeness (QED) is 0.873. The van der Waals surface area contributed by atoms with E-state index in [1.807, 2.05) is 20.8 Å². The lowest BCUT2D eigenvalue weighted by molar-refractivity contribution is -0.885. The summed E-state index contributed by atoms with van der Waals surface area (Å²) in [7, 11) is 2.06. The van der Waals surface area contributed by atoms with Crippen LogP contribution in [0.5, 0.6) is 0 Å². The molecule has 0 heterocycles. The van der Waals surface area contributed by atoms with Crippen LogP contribution in [0.15, 0.2) is 24.3 Å². The van der Waals surface area contributed by atoms with Gasteiger partial charge in [0.05, 0.1) is 7.05 Å². The Morgan fingerprint density at radius 3 is 2.00 bits per heavy atom. The molecule has 1 aromatic carbocycles. The first-order valence-electron chi connectivity index (χ1n) is 7.69. The van der Waals surface area contributed by atoms with E-state index in [4.69, 9.17) is 0 Å². The van der Waals surface area contributed by atoms with Gasteiger partial charge in [0, 0.05) is 11.1 Å². The van der Waals surface area contributed by atoms with Gasteiger partial charge < -0.3 is 10.2 Å². The molecule has 0 aliphatic heterocycles. The molecule has 0 fully saturated rings. The molecule has 1 atom stereocenters. The Kier molecular flexibility index (Phi) is 5.57. The molecule has 0 saturated carbocycles. The summed E-state index contributed by atoms with van der Waals surface area (Å²) in [6.07, 6.45) is 0. The predicted molar refractivity (Wildman–Crippen MR) is 88.5 cm³/mol. The molecule has 0 aromatic heterocycles. The van der Waals surface area contributed by atoms with Crippen molar-refractivity contribution < 1.29 is 9.69 Å². The summed E-state index contributed by atoms with van der Waals surface area (Å²) in [5, 5.41) is 3.01. The molecular formula is C18H31N2O+. The number of rotatable bonds is 4. The van der Waals surface area contributed by atoms with Crippen LogP contribution in [0.2, 0.25) is 0 Å². The zero-order valence-electron chi connectivity index (χ0n) is 14.6. The second-order valence-electron chi connectivity index (χ2n) is 8.06. The number of carbonyl (C=O) groups excluding carboxylic acids is 1. The van der Waals surface area contributed by atoms with E-state index in [1.165, 1.54) is 16.0 Å². The summed E-state index contributed by atoms with van der Waals surface area (Å²) in [4.78, 5) is 13.1. The van der Waals surface area contributed by atoms with E-state index in [2.05, 4.69) is 57.4 Å². The molecule has 118 valence electrons. The summed E-state index contributed by atoms with van der Waals surface area (Å²) in [5.41, 5.74) is 2.63. The van der Waals surface area contributed by atoms with Crippen molar-refractivity contribution in [3.63, 3.8) is 0 Å². The molecule has 0 bridgehead atoms. The Bertz CT molecular complexity index is 463. The number of hydrogen-bond acceptors (Lipinski definition) is 1. The minimum absolute atomic E-state index is 0.103. The van der Waals surface area contributed by atoms with E-state index in [-0.39, 0.29) is 16.9 Å². The minimum Gasteiger partial charge on any atom is -0.347 e. The van der Waals surface area contributed by atoms with Gasteiger partial charge in [0.15, 0.2) is 6.54 Å². The number of nitrogens with one attached hydrogen (secondary N) is 2. The Labute approximate surface area is 129 Å². The molecule has 0 aliphatic carbocycles. The van der Waals surface area contributed by atoms with Crippen LogP contribution >= 0.6 is 0 Å². The molecule has 0 aliphatic rings. The van der Waals surface area contributed by atoms with E-state index in [1.54, 1.807) is 0 Å². The first-order valence-corrected chi connectivity index (χ1v) is 7.69. The van der Waals surface area contributed by atoms with Crippen LogP contribution < -0.4 is 10.2 Å². The van der Waals surface area contributed by atoms with Crippen molar-refractivity contribution in [3.05, 3.63) is 35.4 Å². The van der Waals surface area contributed by atoms with Crippen molar-refractivity contribution in [2.75, 3.05) is 13.6 Å². The molecule has 1 amide bonds. The molecule has 1 unspecified atom stereocenters. The lowest BCUT2D eigenvalue weighted by Gasteiger charge is -2.22. The molecule has 21 heavy (non-hydrogen) atoms. The summed E-state index contributed by atoms with van der Waals surface area (Å²) in [6, 6.07) is 8.73. The number of amides is 1. The molecule has 0 radical (unpaired) electrons. The first kappa shape index (κ1) is 17.7. The van der Waals surface area contributed by atoms with Gasteiger partial charge in [0.1, 0.15) is 6.54 Å². The maximum Gasteiger partial charge on any atom is 0.275 e. The zero-order chi connectivity index (χ0) is 16.3. The Balaban J connectivity index is 2.55. The standard InChI is InChI=1S/C18H30N2O/c1-17(2,3)15-10-8-14(9-11-15)12-20(7)13-16(21)19-18(4,5)6/h8-11H,12-13H2,1-7H3,(H,19,21)/p+1. The molecule has 1 rings (SSSR count). The zero-order valence-corrected chi connectivity index (χ0v) is 14.6. The molecule has 0 saturated heterocycles. The van der Waals surface area contributed by atoms with Crippen molar-refractivity contribution >= 4 is 5.91 Å². The Morgan fingerprint density at radius 2 is 1.57 bits per heavy atom. The van der Waals surface area contributed by atoms with Crippen LogP contribution in [0.25, 0.3) is 0 Å². The summed E-state index contributed by atoms with van der Waals surface area (Å²) in [6.45, 7) is 14.0. The largest absolute Gasteiger partial charge is 0.347 e. The Morgan fingerprint density at radius 1 is 1.05 bits per heavy atom. The summed E-state index contributed by atoms with van der Waals surface area (Å²) in [5.74, 6) is 0.103. The number of hydrogen-bond donors (Lipinski definition) is 2. The van der Waals surface area contributed by atoms with Crippen LogP contribution in [0, 0.1) is 0 Å². The average Bonchev–Trinajstić information content (AvgIpc) is 2.25. The highest BCUT2D eigenvalue weighted by molar-refractivity contribution is 5.77. The third-order valence-electron chi connectivity index (χ3n) is 3.30. The normalized spacial score (nSPS) is 13.9. The van der Waals surface area contributed by atoms with E-state index >= 15 is 0 Å². The summed E-state index contributed by atoms with van der Waals surface area (Å²) < 4.78 is 0. The van der Waals surface area contributed by atoms with Crippen molar-refractivity contribution in [1.29, 1.82) is 0 Å². The number of benzene rings is 1. The van der Waals surface area contributed by atoms with E-state index in [0.717, 1.165) is 6.54 Å². The van der Waals surface area contributed by atoms with Crippen molar-refractivity contribution in [1.82, 2.24) is 5.32 Å². The van der Waals surface area contributed by atoms with E-state index in [0.29, 0.717) is 6.54 Å². The van der Waals surface area contributed by atoms with Gasteiger partial charge in [-0.3, -0.25) is 4.79 Å². The van der Waals surface area contributed by atoms with Gasteiger partial charge in [-0.2, -0.15) is 0 Å². The highest BCUT2D eigenvalue weighted by atomic mass is 16.2. The van der Waals surface area contributed by atoms with Crippen LogP contribution in [0.3, 0.4) is 0 Å². The van der Waals surface area contributed by atoms with Crippen LogP contribution in [0.4, 0.5) is 0 Å². The average molecular weight is 291 g/mol. The fraction of sp³-hybridized carbons (Fsp3) is 0.611. The van der Waals surface area contributed by atoms with Gasteiger partial charge >= 0.3 is 0 Å². The summed E-state index contributed by atoms with van der Waals surface area (Å²) >= 11 is 0. The topological polar surface area (TPSA) is 33.5 Å². The van der Waals surface area contributed by atoms with Gasteiger partial charge in [0.25, 0.3) is 5.91 Å². The van der Waals surface area contributed by atoms with Crippen LogP contribution in [0.1, 0.15) is 52.7 Å². The second kappa shape index (κ2) is 6.61. The fourth-order valence-electron chi connectivity index (χ4n) is 2.27.